The zero-order chi connectivity index (χ0) is 19.6. The lowest BCUT2D eigenvalue weighted by atomic mass is 10.2. The van der Waals surface area contributed by atoms with Gasteiger partial charge in [0.2, 0.25) is 5.13 Å². The van der Waals surface area contributed by atoms with E-state index >= 15 is 0 Å². The highest BCUT2D eigenvalue weighted by atomic mass is 32.1. The van der Waals surface area contributed by atoms with Gasteiger partial charge in [-0.3, -0.25) is 9.67 Å². The van der Waals surface area contributed by atoms with E-state index in [1.807, 2.05) is 42.5 Å². The van der Waals surface area contributed by atoms with E-state index in [1.54, 1.807) is 29.2 Å². The molecule has 0 bridgehead atoms. The fraction of sp³-hybridized carbons (Fsp3) is 0.0476. The smallest absolute Gasteiger partial charge is 0.207 e. The van der Waals surface area contributed by atoms with Gasteiger partial charge in [0.15, 0.2) is 5.82 Å². The first-order valence-electron chi connectivity index (χ1n) is 8.98. The van der Waals surface area contributed by atoms with Crippen molar-refractivity contribution in [2.24, 2.45) is 0 Å². The quantitative estimate of drug-likeness (QED) is 0.454. The number of fused-ring (bicyclic) bond motifs is 1. The molecular weight excluding hydrogens is 387 g/mol. The number of nitrogens with zero attached hydrogens (tertiary/aromatic N) is 5. The number of anilines is 2. The first kappa shape index (κ1) is 17.4. The predicted molar refractivity (Wildman–Crippen MR) is 112 cm³/mol. The van der Waals surface area contributed by atoms with Gasteiger partial charge >= 0.3 is 0 Å². The average Bonchev–Trinajstić information content (AvgIpc) is 3.35. The summed E-state index contributed by atoms with van der Waals surface area (Å²) in [6.07, 6.45) is 3.42. The number of nitrogens with one attached hydrogen (secondary N) is 1. The molecule has 0 atom stereocenters. The second kappa shape index (κ2) is 7.40. The van der Waals surface area contributed by atoms with Crippen LogP contribution in [0, 0.1) is 5.82 Å². The number of hydrogen-bond acceptors (Lipinski definition) is 6. The van der Waals surface area contributed by atoms with Gasteiger partial charge in [-0.2, -0.15) is 14.5 Å². The Labute approximate surface area is 169 Å². The van der Waals surface area contributed by atoms with Crippen molar-refractivity contribution in [2.45, 2.75) is 6.54 Å². The molecule has 0 aliphatic heterocycles. The Morgan fingerprint density at radius 2 is 1.76 bits per heavy atom. The molecule has 8 heteroatoms. The monoisotopic (exact) mass is 402 g/mol. The number of halogens is 1. The van der Waals surface area contributed by atoms with Gasteiger partial charge in [-0.15, -0.1) is 0 Å². The highest BCUT2D eigenvalue weighted by molar-refractivity contribution is 7.10. The van der Waals surface area contributed by atoms with Crippen LogP contribution in [0.15, 0.2) is 73.1 Å². The van der Waals surface area contributed by atoms with Gasteiger partial charge in [0, 0.05) is 40.6 Å². The van der Waals surface area contributed by atoms with Crippen LogP contribution in [0.3, 0.4) is 0 Å². The van der Waals surface area contributed by atoms with Crippen molar-refractivity contribution in [1.29, 1.82) is 0 Å². The maximum Gasteiger partial charge on any atom is 0.207 e. The van der Waals surface area contributed by atoms with Gasteiger partial charge in [0.25, 0.3) is 0 Å². The van der Waals surface area contributed by atoms with E-state index < -0.39 is 0 Å². The normalized spacial score (nSPS) is 11.1. The summed E-state index contributed by atoms with van der Waals surface area (Å²) in [6.45, 7) is 0.333. The minimum absolute atomic E-state index is 0.246. The van der Waals surface area contributed by atoms with Crippen LogP contribution in [0.1, 0.15) is 5.56 Å². The van der Waals surface area contributed by atoms with Crippen LogP contribution in [0.5, 0.6) is 0 Å². The number of pyridine rings is 1. The standard InChI is InChI=1S/C21H15FN6S/c22-17-7-3-1-5-14(17)13-28-18-8-4-2-6-16(18)19(26-28)20-25-21(29-27-20)24-15-9-11-23-12-10-15/h1-12H,13H2,(H,23,24,25,27). The van der Waals surface area contributed by atoms with Crippen molar-refractivity contribution < 1.29 is 4.39 Å². The molecular formula is C21H15FN6S. The largest absolute Gasteiger partial charge is 0.330 e. The minimum atomic E-state index is -0.246. The molecule has 0 radical (unpaired) electrons. The number of benzene rings is 2. The van der Waals surface area contributed by atoms with Crippen molar-refractivity contribution in [3.63, 3.8) is 0 Å². The predicted octanol–water partition coefficient (Wildman–Crippen LogP) is 4.88. The van der Waals surface area contributed by atoms with E-state index in [9.17, 15) is 4.39 Å². The van der Waals surface area contributed by atoms with Crippen LogP contribution in [0.2, 0.25) is 0 Å². The van der Waals surface area contributed by atoms with Crippen LogP contribution in [0.25, 0.3) is 22.4 Å². The average molecular weight is 402 g/mol. The van der Waals surface area contributed by atoms with Gasteiger partial charge < -0.3 is 5.32 Å². The van der Waals surface area contributed by atoms with Crippen LogP contribution >= 0.6 is 11.5 Å². The topological polar surface area (TPSA) is 68.5 Å². The van der Waals surface area contributed by atoms with Crippen LogP contribution in [-0.2, 0) is 6.54 Å². The lowest BCUT2D eigenvalue weighted by molar-refractivity contribution is 0.590. The van der Waals surface area contributed by atoms with Crippen molar-refractivity contribution in [3.05, 3.63) is 84.4 Å². The van der Waals surface area contributed by atoms with Gasteiger partial charge in [-0.05, 0) is 24.3 Å². The summed E-state index contributed by atoms with van der Waals surface area (Å²) < 4.78 is 20.4. The molecule has 5 rings (SSSR count). The Hall–Kier alpha value is -3.65. The van der Waals surface area contributed by atoms with Gasteiger partial charge in [-0.1, -0.05) is 36.4 Å². The van der Waals surface area contributed by atoms with Gasteiger partial charge in [0.1, 0.15) is 11.5 Å². The Morgan fingerprint density at radius 3 is 2.62 bits per heavy atom. The summed E-state index contributed by atoms with van der Waals surface area (Å²) in [6, 6.07) is 18.3. The number of aromatic nitrogens is 5. The molecule has 5 aromatic rings. The molecule has 1 N–H and O–H groups in total. The summed E-state index contributed by atoms with van der Waals surface area (Å²) in [5.41, 5.74) is 3.05. The summed E-state index contributed by atoms with van der Waals surface area (Å²) >= 11 is 1.26. The molecule has 29 heavy (non-hydrogen) atoms. The SMILES string of the molecule is Fc1ccccc1Cn1nc(-c2nsc(Nc3ccncc3)n2)c2ccccc21. The zero-order valence-electron chi connectivity index (χ0n) is 15.2. The third kappa shape index (κ3) is 3.45. The molecule has 0 spiro atoms. The van der Waals surface area contributed by atoms with E-state index in [4.69, 9.17) is 5.10 Å². The second-order valence-electron chi connectivity index (χ2n) is 6.40. The number of para-hydroxylation sites is 1. The molecule has 3 heterocycles. The van der Waals surface area contributed by atoms with Gasteiger partial charge in [-0.25, -0.2) is 4.39 Å². The molecule has 0 aliphatic carbocycles. The van der Waals surface area contributed by atoms with Crippen molar-refractivity contribution in [1.82, 2.24) is 24.1 Å². The molecule has 6 nitrogen and oxygen atoms in total. The van der Waals surface area contributed by atoms with E-state index in [1.165, 1.54) is 17.6 Å². The summed E-state index contributed by atoms with van der Waals surface area (Å²) in [5.74, 6) is 0.291. The highest BCUT2D eigenvalue weighted by Gasteiger charge is 2.17. The Balaban J connectivity index is 1.52. The van der Waals surface area contributed by atoms with Crippen LogP contribution < -0.4 is 5.32 Å². The lowest BCUT2D eigenvalue weighted by Crippen LogP contribution is -2.03. The fourth-order valence-electron chi connectivity index (χ4n) is 3.13. The first-order valence-corrected chi connectivity index (χ1v) is 9.75. The summed E-state index contributed by atoms with van der Waals surface area (Å²) in [5, 5.41) is 9.52. The van der Waals surface area contributed by atoms with E-state index in [0.717, 1.165) is 16.6 Å². The zero-order valence-corrected chi connectivity index (χ0v) is 16.0. The Bertz CT molecular complexity index is 1280. The molecule has 0 fully saturated rings. The Kier molecular flexibility index (Phi) is 4.45. The molecule has 3 aromatic heterocycles. The molecule has 2 aromatic carbocycles. The first-order chi connectivity index (χ1) is 14.3. The van der Waals surface area contributed by atoms with Crippen LogP contribution in [-0.4, -0.2) is 24.1 Å². The Morgan fingerprint density at radius 1 is 0.966 bits per heavy atom. The van der Waals surface area contributed by atoms with Crippen LogP contribution in [0.4, 0.5) is 15.2 Å². The minimum Gasteiger partial charge on any atom is -0.330 e. The van der Waals surface area contributed by atoms with Crippen molar-refractivity contribution >= 4 is 33.3 Å². The summed E-state index contributed by atoms with van der Waals surface area (Å²) in [7, 11) is 0. The molecule has 0 unspecified atom stereocenters. The summed E-state index contributed by atoms with van der Waals surface area (Å²) in [4.78, 5) is 8.59. The number of hydrogen-bond donors (Lipinski definition) is 1. The molecule has 142 valence electrons. The fourth-order valence-corrected chi connectivity index (χ4v) is 3.72. The van der Waals surface area contributed by atoms with Gasteiger partial charge in [0.05, 0.1) is 12.1 Å². The maximum absolute atomic E-state index is 14.1. The molecule has 0 saturated heterocycles. The van der Waals surface area contributed by atoms with E-state index in [-0.39, 0.29) is 5.82 Å². The maximum atomic E-state index is 14.1. The van der Waals surface area contributed by atoms with E-state index in [2.05, 4.69) is 19.7 Å². The van der Waals surface area contributed by atoms with Crippen molar-refractivity contribution in [3.8, 4) is 11.5 Å². The molecule has 0 saturated carbocycles. The molecule has 0 amide bonds. The number of rotatable bonds is 5. The third-order valence-corrected chi connectivity index (χ3v) is 5.14. The van der Waals surface area contributed by atoms with Crippen molar-refractivity contribution in [2.75, 3.05) is 5.32 Å². The second-order valence-corrected chi connectivity index (χ2v) is 7.15. The van der Waals surface area contributed by atoms with E-state index in [0.29, 0.717) is 28.8 Å². The lowest BCUT2D eigenvalue weighted by Gasteiger charge is -2.04. The third-order valence-electron chi connectivity index (χ3n) is 4.51. The highest BCUT2D eigenvalue weighted by Crippen LogP contribution is 2.29. The molecule has 0 aliphatic rings.